The topological polar surface area (TPSA) is 8.81 Å². The van der Waals surface area contributed by atoms with Gasteiger partial charge in [-0.15, -0.1) is 0 Å². The first-order valence-corrected chi connectivity index (χ1v) is 11.5. The molecule has 0 amide bonds. The molecule has 27 heavy (non-hydrogen) atoms. The Bertz CT molecular complexity index is 614. The van der Waals surface area contributed by atoms with Crippen molar-refractivity contribution in [3.8, 4) is 5.69 Å². The standard InChI is InChI=1S/C25H41N2/c1-3-5-6-7-8-9-10-11-12-13-14-17-24-18-15-16-19-25(24)27-22-21-26(23-27)20-4-2/h15-16,18-19,21-23H,3-14,17,20H2,1-2H3/q+1. The van der Waals surface area contributed by atoms with Crippen molar-refractivity contribution < 1.29 is 4.57 Å². The summed E-state index contributed by atoms with van der Waals surface area (Å²) in [5, 5.41) is 0. The second kappa shape index (κ2) is 13.6. The van der Waals surface area contributed by atoms with E-state index in [1.165, 1.54) is 94.7 Å². The van der Waals surface area contributed by atoms with Crippen molar-refractivity contribution >= 4 is 0 Å². The Morgan fingerprint density at radius 2 is 1.37 bits per heavy atom. The zero-order valence-electron chi connectivity index (χ0n) is 17.8. The van der Waals surface area contributed by atoms with Gasteiger partial charge in [0, 0.05) is 0 Å². The van der Waals surface area contributed by atoms with Crippen LogP contribution in [-0.4, -0.2) is 4.57 Å². The Labute approximate surface area is 167 Å². The number of unbranched alkanes of at least 4 members (excludes halogenated alkanes) is 10. The molecule has 0 radical (unpaired) electrons. The molecule has 2 heteroatoms. The lowest BCUT2D eigenvalue weighted by molar-refractivity contribution is -0.696. The molecule has 1 aromatic heterocycles. The number of benzene rings is 1. The van der Waals surface area contributed by atoms with E-state index in [0.29, 0.717) is 0 Å². The van der Waals surface area contributed by atoms with Crippen LogP contribution in [0.3, 0.4) is 0 Å². The van der Waals surface area contributed by atoms with E-state index >= 15 is 0 Å². The maximum Gasteiger partial charge on any atom is 0.248 e. The highest BCUT2D eigenvalue weighted by Crippen LogP contribution is 2.18. The third kappa shape index (κ3) is 8.32. The number of rotatable bonds is 15. The minimum absolute atomic E-state index is 1.09. The summed E-state index contributed by atoms with van der Waals surface area (Å²) < 4.78 is 4.56. The van der Waals surface area contributed by atoms with E-state index in [0.717, 1.165) is 6.54 Å². The summed E-state index contributed by atoms with van der Waals surface area (Å²) in [7, 11) is 0. The van der Waals surface area contributed by atoms with Crippen LogP contribution in [0.25, 0.3) is 5.69 Å². The second-order valence-electron chi connectivity index (χ2n) is 7.97. The van der Waals surface area contributed by atoms with E-state index in [4.69, 9.17) is 0 Å². The van der Waals surface area contributed by atoms with Gasteiger partial charge in [0.1, 0.15) is 18.1 Å². The molecule has 0 bridgehead atoms. The van der Waals surface area contributed by atoms with Crippen molar-refractivity contribution in [2.75, 3.05) is 0 Å². The molecule has 0 saturated carbocycles. The molecule has 2 rings (SSSR count). The highest BCUT2D eigenvalue weighted by atomic mass is 15.1. The normalized spacial score (nSPS) is 11.2. The van der Waals surface area contributed by atoms with Gasteiger partial charge in [0.2, 0.25) is 6.33 Å². The molecule has 0 aliphatic rings. The maximum absolute atomic E-state index is 2.30. The fourth-order valence-electron chi connectivity index (χ4n) is 3.88. The van der Waals surface area contributed by atoms with Crippen LogP contribution < -0.4 is 4.57 Å². The average molecular weight is 370 g/mol. The van der Waals surface area contributed by atoms with Gasteiger partial charge in [0.25, 0.3) is 0 Å². The van der Waals surface area contributed by atoms with Crippen molar-refractivity contribution in [1.29, 1.82) is 0 Å². The molecule has 0 fully saturated rings. The predicted molar refractivity (Wildman–Crippen MR) is 116 cm³/mol. The molecule has 0 atom stereocenters. The largest absolute Gasteiger partial charge is 0.248 e. The summed E-state index contributed by atoms with van der Waals surface area (Å²) in [6.07, 6.45) is 24.4. The number of hydrogen-bond acceptors (Lipinski definition) is 0. The van der Waals surface area contributed by atoms with Crippen molar-refractivity contribution in [1.82, 2.24) is 4.57 Å². The third-order valence-corrected chi connectivity index (χ3v) is 5.49. The summed E-state index contributed by atoms with van der Waals surface area (Å²) in [5.74, 6) is 0. The highest BCUT2D eigenvalue weighted by Gasteiger charge is 2.10. The minimum Gasteiger partial charge on any atom is -0.236 e. The van der Waals surface area contributed by atoms with Gasteiger partial charge in [-0.25, -0.2) is 9.13 Å². The fraction of sp³-hybridized carbons (Fsp3) is 0.640. The molecule has 0 unspecified atom stereocenters. The first-order valence-electron chi connectivity index (χ1n) is 11.5. The van der Waals surface area contributed by atoms with Gasteiger partial charge in [-0.3, -0.25) is 0 Å². The summed E-state index contributed by atoms with van der Waals surface area (Å²) >= 11 is 0. The van der Waals surface area contributed by atoms with E-state index < -0.39 is 0 Å². The Hall–Kier alpha value is -1.57. The number of aromatic nitrogens is 2. The molecule has 0 saturated heterocycles. The van der Waals surface area contributed by atoms with Gasteiger partial charge in [-0.05, 0) is 30.9 Å². The maximum atomic E-state index is 2.30. The third-order valence-electron chi connectivity index (χ3n) is 5.49. The molecule has 2 nitrogen and oxygen atoms in total. The minimum atomic E-state index is 1.09. The van der Waals surface area contributed by atoms with Crippen LogP contribution in [0, 0.1) is 0 Å². The molecule has 150 valence electrons. The van der Waals surface area contributed by atoms with Gasteiger partial charge in [0.05, 0.1) is 6.54 Å². The van der Waals surface area contributed by atoms with E-state index in [2.05, 4.69) is 66.0 Å². The van der Waals surface area contributed by atoms with Crippen LogP contribution in [0.15, 0.2) is 43.0 Å². The van der Waals surface area contributed by atoms with Gasteiger partial charge in [0.15, 0.2) is 0 Å². The predicted octanol–water partition coefficient (Wildman–Crippen LogP) is 7.03. The smallest absolute Gasteiger partial charge is 0.236 e. The Kier molecular flexibility index (Phi) is 10.9. The first kappa shape index (κ1) is 21.7. The SMILES string of the molecule is CCCCCCCCCCCCCc1ccccc1-n1cc[n+](CCC)c1. The second-order valence-corrected chi connectivity index (χ2v) is 7.97. The summed E-state index contributed by atoms with van der Waals surface area (Å²) in [6.45, 7) is 5.61. The summed E-state index contributed by atoms with van der Waals surface area (Å²) in [6, 6.07) is 8.89. The zero-order valence-corrected chi connectivity index (χ0v) is 17.8. The molecular formula is C25H41N2+. The quantitative estimate of drug-likeness (QED) is 0.235. The van der Waals surface area contributed by atoms with E-state index in [-0.39, 0.29) is 0 Å². The van der Waals surface area contributed by atoms with E-state index in [1.54, 1.807) is 0 Å². The molecule has 1 heterocycles. The average Bonchev–Trinajstić information content (AvgIpc) is 3.15. The number of imidazole rings is 1. The summed E-state index contributed by atoms with van der Waals surface area (Å²) in [5.41, 5.74) is 2.83. The van der Waals surface area contributed by atoms with E-state index in [9.17, 15) is 0 Å². The number of hydrogen-bond donors (Lipinski definition) is 0. The fourth-order valence-corrected chi connectivity index (χ4v) is 3.88. The molecule has 0 aliphatic carbocycles. The molecular weight excluding hydrogens is 328 g/mol. The molecule has 2 aromatic rings. The Morgan fingerprint density at radius 3 is 2.04 bits per heavy atom. The zero-order chi connectivity index (χ0) is 19.2. The van der Waals surface area contributed by atoms with Gasteiger partial charge in [-0.2, -0.15) is 0 Å². The van der Waals surface area contributed by atoms with Crippen LogP contribution in [0.1, 0.15) is 96.5 Å². The highest BCUT2D eigenvalue weighted by molar-refractivity contribution is 5.40. The number of nitrogens with zero attached hydrogens (tertiary/aromatic N) is 2. The number of para-hydroxylation sites is 1. The summed E-state index contributed by atoms with van der Waals surface area (Å²) in [4.78, 5) is 0. The Balaban J connectivity index is 1.65. The van der Waals surface area contributed by atoms with Crippen LogP contribution in [0.2, 0.25) is 0 Å². The van der Waals surface area contributed by atoms with Gasteiger partial charge in [-0.1, -0.05) is 96.3 Å². The Morgan fingerprint density at radius 1 is 0.741 bits per heavy atom. The molecule has 1 aromatic carbocycles. The van der Waals surface area contributed by atoms with Crippen LogP contribution >= 0.6 is 0 Å². The lowest BCUT2D eigenvalue weighted by Gasteiger charge is -2.06. The van der Waals surface area contributed by atoms with Crippen LogP contribution in [0.5, 0.6) is 0 Å². The van der Waals surface area contributed by atoms with Crippen molar-refractivity contribution in [2.45, 2.75) is 104 Å². The van der Waals surface area contributed by atoms with Crippen molar-refractivity contribution in [3.05, 3.63) is 48.5 Å². The van der Waals surface area contributed by atoms with Crippen LogP contribution in [0.4, 0.5) is 0 Å². The van der Waals surface area contributed by atoms with Crippen LogP contribution in [-0.2, 0) is 13.0 Å². The van der Waals surface area contributed by atoms with Gasteiger partial charge >= 0.3 is 0 Å². The van der Waals surface area contributed by atoms with E-state index in [1.807, 2.05) is 0 Å². The molecule has 0 aliphatic heterocycles. The molecule has 0 spiro atoms. The lowest BCUT2D eigenvalue weighted by atomic mass is 10.0. The first-order chi connectivity index (χ1) is 13.3. The lowest BCUT2D eigenvalue weighted by Crippen LogP contribution is -2.30. The van der Waals surface area contributed by atoms with Crippen molar-refractivity contribution in [2.24, 2.45) is 0 Å². The monoisotopic (exact) mass is 369 g/mol. The van der Waals surface area contributed by atoms with Crippen molar-refractivity contribution in [3.63, 3.8) is 0 Å². The molecule has 0 N–H and O–H groups in total. The number of aryl methyl sites for hydroxylation is 2. The van der Waals surface area contributed by atoms with Gasteiger partial charge < -0.3 is 0 Å².